The van der Waals surface area contributed by atoms with Crippen LogP contribution < -0.4 is 11.1 Å². The van der Waals surface area contributed by atoms with Gasteiger partial charge in [0.25, 0.3) is 5.91 Å². The van der Waals surface area contributed by atoms with Gasteiger partial charge in [0.1, 0.15) is 17.7 Å². The topological polar surface area (TPSA) is 120 Å². The SMILES string of the molecule is C=CC(=O)N1C[C@@H](n2nc(C#Cc3ccc4ncn(C(F)F)c4c3)c(C(N)=O)c2NC)C[C@@H]1COC. The molecule has 3 N–H and O–H groups in total. The fourth-order valence-electron chi connectivity index (χ4n) is 4.46. The molecule has 1 saturated heterocycles. The number of hydrogen-bond acceptors (Lipinski definition) is 6. The molecule has 36 heavy (non-hydrogen) atoms. The van der Waals surface area contributed by atoms with Crippen molar-refractivity contribution in [3.8, 4) is 11.8 Å². The number of alkyl halides is 2. The van der Waals surface area contributed by atoms with Crippen molar-refractivity contribution in [3.05, 3.63) is 54.0 Å². The predicted molar refractivity (Wildman–Crippen MR) is 128 cm³/mol. The van der Waals surface area contributed by atoms with Gasteiger partial charge in [0, 0.05) is 26.3 Å². The van der Waals surface area contributed by atoms with Crippen LogP contribution in [-0.4, -0.2) is 69.4 Å². The average molecular weight is 498 g/mol. The van der Waals surface area contributed by atoms with E-state index < -0.39 is 12.5 Å². The van der Waals surface area contributed by atoms with Crippen LogP contribution in [0.15, 0.2) is 37.2 Å². The Morgan fingerprint density at radius 1 is 1.39 bits per heavy atom. The van der Waals surface area contributed by atoms with Gasteiger partial charge in [-0.2, -0.15) is 13.9 Å². The second kappa shape index (κ2) is 10.2. The quantitative estimate of drug-likeness (QED) is 0.381. The van der Waals surface area contributed by atoms with Gasteiger partial charge in [-0.25, -0.2) is 9.67 Å². The molecule has 3 heterocycles. The molecule has 2 amide bonds. The van der Waals surface area contributed by atoms with Gasteiger partial charge in [0.15, 0.2) is 5.69 Å². The van der Waals surface area contributed by atoms with E-state index >= 15 is 0 Å². The smallest absolute Gasteiger partial charge is 0.320 e. The number of fused-ring (bicyclic) bond motifs is 1. The molecule has 1 aliphatic heterocycles. The molecule has 0 unspecified atom stereocenters. The minimum absolute atomic E-state index is 0.0977. The number of ether oxygens (including phenoxy) is 1. The van der Waals surface area contributed by atoms with E-state index in [1.54, 1.807) is 35.9 Å². The van der Waals surface area contributed by atoms with Crippen LogP contribution in [-0.2, 0) is 9.53 Å². The van der Waals surface area contributed by atoms with E-state index in [4.69, 9.17) is 10.5 Å². The molecule has 10 nitrogen and oxygen atoms in total. The minimum atomic E-state index is -2.74. The van der Waals surface area contributed by atoms with Crippen molar-refractivity contribution < 1.29 is 23.1 Å². The van der Waals surface area contributed by atoms with Crippen molar-refractivity contribution in [3.63, 3.8) is 0 Å². The molecule has 4 rings (SSSR count). The first-order valence-corrected chi connectivity index (χ1v) is 11.1. The lowest BCUT2D eigenvalue weighted by molar-refractivity contribution is -0.127. The highest BCUT2D eigenvalue weighted by Gasteiger charge is 2.37. The number of aromatic nitrogens is 4. The third kappa shape index (κ3) is 4.52. The molecule has 3 aromatic rings. The number of hydrogen-bond donors (Lipinski definition) is 2. The molecular weight excluding hydrogens is 472 g/mol. The molecule has 1 aliphatic rings. The Morgan fingerprint density at radius 3 is 2.81 bits per heavy atom. The molecule has 1 fully saturated rings. The number of imidazole rings is 1. The highest BCUT2D eigenvalue weighted by atomic mass is 19.3. The number of rotatable bonds is 7. The number of carbonyl (C=O) groups is 2. The maximum atomic E-state index is 13.2. The number of nitrogens with one attached hydrogen (secondary N) is 1. The van der Waals surface area contributed by atoms with E-state index in [9.17, 15) is 18.4 Å². The van der Waals surface area contributed by atoms with Gasteiger partial charge in [-0.3, -0.25) is 14.2 Å². The summed E-state index contributed by atoms with van der Waals surface area (Å²) >= 11 is 0. The summed E-state index contributed by atoms with van der Waals surface area (Å²) in [5.74, 6) is 5.14. The summed E-state index contributed by atoms with van der Waals surface area (Å²) in [6.07, 6.45) is 2.84. The summed E-state index contributed by atoms with van der Waals surface area (Å²) < 4.78 is 34.1. The number of anilines is 1. The van der Waals surface area contributed by atoms with Crippen LogP contribution in [0.25, 0.3) is 11.0 Å². The number of benzene rings is 1. The molecule has 2 atom stereocenters. The number of likely N-dealkylation sites (tertiary alicyclic amines) is 1. The first-order valence-electron chi connectivity index (χ1n) is 11.1. The zero-order chi connectivity index (χ0) is 26.0. The van der Waals surface area contributed by atoms with Crippen molar-refractivity contribution in [2.24, 2.45) is 5.73 Å². The van der Waals surface area contributed by atoms with Crippen LogP contribution in [0.4, 0.5) is 14.6 Å². The van der Waals surface area contributed by atoms with Crippen LogP contribution in [0.1, 0.15) is 40.6 Å². The van der Waals surface area contributed by atoms with Gasteiger partial charge in [0.05, 0.1) is 29.7 Å². The predicted octanol–water partition coefficient (Wildman–Crippen LogP) is 2.14. The molecule has 12 heteroatoms. The molecule has 2 aromatic heterocycles. The van der Waals surface area contributed by atoms with Crippen LogP contribution in [0, 0.1) is 11.8 Å². The number of methoxy groups -OCH3 is 1. The Labute approximate surface area is 205 Å². The van der Waals surface area contributed by atoms with E-state index in [1.807, 2.05) is 0 Å². The van der Waals surface area contributed by atoms with Gasteiger partial charge in [-0.05, 0) is 36.6 Å². The van der Waals surface area contributed by atoms with Gasteiger partial charge in [0.2, 0.25) is 5.91 Å². The Kier molecular flexibility index (Phi) is 7.03. The Morgan fingerprint density at radius 2 is 2.17 bits per heavy atom. The van der Waals surface area contributed by atoms with Gasteiger partial charge >= 0.3 is 6.55 Å². The summed E-state index contributed by atoms with van der Waals surface area (Å²) in [6, 6.07) is 4.25. The van der Waals surface area contributed by atoms with E-state index in [0.29, 0.717) is 36.5 Å². The number of primary amides is 1. The average Bonchev–Trinajstić information content (AvgIpc) is 3.56. The molecule has 1 aromatic carbocycles. The fourth-order valence-corrected chi connectivity index (χ4v) is 4.46. The van der Waals surface area contributed by atoms with Crippen LogP contribution in [0.5, 0.6) is 0 Å². The van der Waals surface area contributed by atoms with Crippen molar-refractivity contribution in [1.29, 1.82) is 0 Å². The van der Waals surface area contributed by atoms with Gasteiger partial charge < -0.3 is 20.7 Å². The summed E-state index contributed by atoms with van der Waals surface area (Å²) in [5, 5.41) is 7.52. The van der Waals surface area contributed by atoms with E-state index in [-0.39, 0.29) is 34.8 Å². The van der Waals surface area contributed by atoms with Crippen LogP contribution in [0.3, 0.4) is 0 Å². The molecule has 0 aliphatic carbocycles. The molecule has 0 spiro atoms. The lowest BCUT2D eigenvalue weighted by Gasteiger charge is -2.22. The number of amides is 2. The number of halogens is 2. The maximum absolute atomic E-state index is 13.2. The van der Waals surface area contributed by atoms with E-state index in [0.717, 1.165) is 10.9 Å². The minimum Gasteiger partial charge on any atom is -0.383 e. The van der Waals surface area contributed by atoms with Crippen molar-refractivity contribution in [1.82, 2.24) is 24.2 Å². The molecule has 188 valence electrons. The Hall–Kier alpha value is -4.24. The van der Waals surface area contributed by atoms with Gasteiger partial charge in [-0.1, -0.05) is 12.5 Å². The first-order chi connectivity index (χ1) is 17.3. The molecule has 0 bridgehead atoms. The Balaban J connectivity index is 1.73. The normalized spacial score (nSPS) is 17.3. The van der Waals surface area contributed by atoms with E-state index in [2.05, 4.69) is 33.8 Å². The second-order valence-corrected chi connectivity index (χ2v) is 8.21. The third-order valence-corrected chi connectivity index (χ3v) is 6.06. The zero-order valence-corrected chi connectivity index (χ0v) is 19.7. The summed E-state index contributed by atoms with van der Waals surface area (Å²) in [4.78, 5) is 30.3. The van der Waals surface area contributed by atoms with Crippen molar-refractivity contribution in [2.75, 3.05) is 32.6 Å². The lowest BCUT2D eigenvalue weighted by Crippen LogP contribution is -2.37. The van der Waals surface area contributed by atoms with Crippen molar-refractivity contribution >= 4 is 28.7 Å². The zero-order valence-electron chi connectivity index (χ0n) is 19.7. The third-order valence-electron chi connectivity index (χ3n) is 6.06. The standard InChI is InChI=1S/C24H25F2N7O3/c1-4-20(34)31-11-15(10-16(31)12-36-3)33-23(28-2)21(22(27)35)18(30-33)8-6-14-5-7-17-19(9-14)32(13-29-17)24(25)26/h4-5,7,9,13,15-16,24,28H,1,10-12H2,2-3H3,(H2,27,35)/t15-,16+/m0/s1. The second-order valence-electron chi connectivity index (χ2n) is 8.21. The largest absolute Gasteiger partial charge is 0.383 e. The molecule has 0 radical (unpaired) electrons. The Bertz CT molecular complexity index is 1390. The van der Waals surface area contributed by atoms with Crippen molar-refractivity contribution in [2.45, 2.75) is 25.1 Å². The lowest BCUT2D eigenvalue weighted by atomic mass is 10.1. The van der Waals surface area contributed by atoms with Crippen LogP contribution in [0.2, 0.25) is 0 Å². The number of nitrogens with zero attached hydrogens (tertiary/aromatic N) is 5. The highest BCUT2D eigenvalue weighted by molar-refractivity contribution is 6.00. The summed E-state index contributed by atoms with van der Waals surface area (Å²) in [5.41, 5.74) is 6.97. The number of nitrogens with two attached hydrogens (primary N) is 1. The summed E-state index contributed by atoms with van der Waals surface area (Å²) in [7, 11) is 3.19. The van der Waals surface area contributed by atoms with Gasteiger partial charge in [-0.15, -0.1) is 0 Å². The summed E-state index contributed by atoms with van der Waals surface area (Å²) in [6.45, 7) is 1.48. The highest BCUT2D eigenvalue weighted by Crippen LogP contribution is 2.32. The molecular formula is C24H25F2N7O3. The number of carbonyl (C=O) groups excluding carboxylic acids is 2. The molecule has 0 saturated carbocycles. The van der Waals surface area contributed by atoms with E-state index in [1.165, 1.54) is 12.1 Å². The first kappa shape index (κ1) is 24.9. The maximum Gasteiger partial charge on any atom is 0.320 e. The van der Waals surface area contributed by atoms with Crippen LogP contribution >= 0.6 is 0 Å². The monoisotopic (exact) mass is 497 g/mol. The fraction of sp³-hybridized carbons (Fsp3) is 0.333.